The van der Waals surface area contributed by atoms with Crippen LogP contribution in [0, 0.1) is 0 Å². The van der Waals surface area contributed by atoms with Crippen LogP contribution in [-0.2, 0) is 6.42 Å². The van der Waals surface area contributed by atoms with Crippen LogP contribution in [-0.4, -0.2) is 34.0 Å². The van der Waals surface area contributed by atoms with Crippen molar-refractivity contribution in [1.82, 2.24) is 15.1 Å². The summed E-state index contributed by atoms with van der Waals surface area (Å²) >= 11 is 0. The number of hydrogen-bond acceptors (Lipinski definition) is 4. The molecule has 0 aliphatic heterocycles. The van der Waals surface area contributed by atoms with Gasteiger partial charge in [-0.1, -0.05) is 36.4 Å². The summed E-state index contributed by atoms with van der Waals surface area (Å²) in [6, 6.07) is 14.8. The predicted octanol–water partition coefficient (Wildman–Crippen LogP) is 2.27. The van der Waals surface area contributed by atoms with Gasteiger partial charge in [0.25, 0.3) is 5.91 Å². The molecule has 0 spiro atoms. The number of rotatable bonds is 4. The molecule has 1 aliphatic rings. The first kappa shape index (κ1) is 16.4. The lowest BCUT2D eigenvalue weighted by atomic mass is 10.1. The minimum absolute atomic E-state index is 0.271. The first-order chi connectivity index (χ1) is 12.7. The number of aliphatic hydroxyl groups excluding tert-OH is 1. The molecule has 0 fully saturated rings. The Morgan fingerprint density at radius 2 is 2.00 bits per heavy atom. The van der Waals surface area contributed by atoms with Crippen LogP contribution in [0.25, 0.3) is 5.69 Å². The Morgan fingerprint density at radius 1 is 1.23 bits per heavy atom. The highest BCUT2D eigenvalue weighted by Gasteiger charge is 2.32. The van der Waals surface area contributed by atoms with Gasteiger partial charge in [-0.2, -0.15) is 5.10 Å². The van der Waals surface area contributed by atoms with E-state index in [9.17, 15) is 9.90 Å². The molecule has 6 heteroatoms. The van der Waals surface area contributed by atoms with E-state index in [0.717, 1.165) is 16.8 Å². The van der Waals surface area contributed by atoms with Crippen molar-refractivity contribution in [2.45, 2.75) is 18.6 Å². The molecule has 3 aromatic rings. The van der Waals surface area contributed by atoms with E-state index in [1.54, 1.807) is 18.0 Å². The molecule has 0 saturated carbocycles. The first-order valence-electron chi connectivity index (χ1n) is 8.42. The van der Waals surface area contributed by atoms with E-state index < -0.39 is 12.1 Å². The van der Waals surface area contributed by atoms with Crippen molar-refractivity contribution in [3.63, 3.8) is 0 Å². The summed E-state index contributed by atoms with van der Waals surface area (Å²) in [5.41, 5.74) is 3.20. The third-order valence-corrected chi connectivity index (χ3v) is 4.67. The molecule has 1 aromatic heterocycles. The second-order valence-electron chi connectivity index (χ2n) is 6.27. The van der Waals surface area contributed by atoms with Crippen molar-refractivity contribution in [2.24, 2.45) is 0 Å². The van der Waals surface area contributed by atoms with Gasteiger partial charge in [-0.3, -0.25) is 4.79 Å². The van der Waals surface area contributed by atoms with Crippen LogP contribution in [0.4, 0.5) is 0 Å². The van der Waals surface area contributed by atoms with E-state index >= 15 is 0 Å². The zero-order chi connectivity index (χ0) is 18.1. The minimum Gasteiger partial charge on any atom is -0.494 e. The molecule has 26 heavy (non-hydrogen) atoms. The van der Waals surface area contributed by atoms with Crippen LogP contribution >= 0.6 is 0 Å². The normalized spacial score (nSPS) is 18.4. The van der Waals surface area contributed by atoms with Gasteiger partial charge in [0.2, 0.25) is 0 Å². The fourth-order valence-electron chi connectivity index (χ4n) is 3.36. The SMILES string of the molecule is COc1ccccc1-n1cc(C(=O)N[C@@H]2c3ccccc3C[C@@H]2O)cn1. The number of ether oxygens (including phenoxy) is 1. The Labute approximate surface area is 151 Å². The number of benzene rings is 2. The summed E-state index contributed by atoms with van der Waals surface area (Å²) in [5.74, 6) is 0.398. The summed E-state index contributed by atoms with van der Waals surface area (Å²) < 4.78 is 6.94. The van der Waals surface area contributed by atoms with E-state index in [4.69, 9.17) is 4.74 Å². The van der Waals surface area contributed by atoms with Crippen molar-refractivity contribution in [3.05, 3.63) is 77.6 Å². The Morgan fingerprint density at radius 3 is 2.85 bits per heavy atom. The van der Waals surface area contributed by atoms with Gasteiger partial charge >= 0.3 is 0 Å². The number of nitrogens with zero attached hydrogens (tertiary/aromatic N) is 2. The van der Waals surface area contributed by atoms with E-state index in [2.05, 4.69) is 10.4 Å². The van der Waals surface area contributed by atoms with E-state index in [0.29, 0.717) is 17.7 Å². The average molecular weight is 349 g/mol. The topological polar surface area (TPSA) is 76.4 Å². The maximum Gasteiger partial charge on any atom is 0.255 e. The smallest absolute Gasteiger partial charge is 0.255 e. The van der Waals surface area contributed by atoms with Gasteiger partial charge in [-0.15, -0.1) is 0 Å². The molecule has 0 radical (unpaired) electrons. The molecule has 1 heterocycles. The van der Waals surface area contributed by atoms with Crippen LogP contribution in [0.1, 0.15) is 27.5 Å². The van der Waals surface area contributed by atoms with Gasteiger partial charge < -0.3 is 15.2 Å². The summed E-state index contributed by atoms with van der Waals surface area (Å²) in [7, 11) is 1.59. The van der Waals surface area contributed by atoms with Gasteiger partial charge in [0.1, 0.15) is 11.4 Å². The molecule has 0 bridgehead atoms. The Balaban J connectivity index is 1.56. The lowest BCUT2D eigenvalue weighted by Crippen LogP contribution is -2.33. The molecular weight excluding hydrogens is 330 g/mol. The first-order valence-corrected chi connectivity index (χ1v) is 8.42. The zero-order valence-corrected chi connectivity index (χ0v) is 14.3. The van der Waals surface area contributed by atoms with Crippen LogP contribution in [0.15, 0.2) is 60.9 Å². The van der Waals surface area contributed by atoms with Crippen LogP contribution in [0.2, 0.25) is 0 Å². The lowest BCUT2D eigenvalue weighted by molar-refractivity contribution is 0.0858. The minimum atomic E-state index is -0.624. The van der Waals surface area contributed by atoms with E-state index in [-0.39, 0.29) is 5.91 Å². The Hall–Kier alpha value is -3.12. The number of para-hydroxylation sites is 2. The number of hydrogen-bond donors (Lipinski definition) is 2. The molecule has 4 rings (SSSR count). The molecule has 0 unspecified atom stereocenters. The van der Waals surface area contributed by atoms with E-state index in [1.807, 2.05) is 48.5 Å². The van der Waals surface area contributed by atoms with Crippen molar-refractivity contribution in [1.29, 1.82) is 0 Å². The second-order valence-corrected chi connectivity index (χ2v) is 6.27. The molecule has 2 atom stereocenters. The highest BCUT2D eigenvalue weighted by Crippen LogP contribution is 2.31. The van der Waals surface area contributed by atoms with Crippen LogP contribution < -0.4 is 10.1 Å². The van der Waals surface area contributed by atoms with Crippen LogP contribution in [0.3, 0.4) is 0 Å². The molecular formula is C20H19N3O3. The highest BCUT2D eigenvalue weighted by molar-refractivity contribution is 5.94. The molecule has 2 N–H and O–H groups in total. The van der Waals surface area contributed by atoms with Gasteiger partial charge in [-0.05, 0) is 23.3 Å². The van der Waals surface area contributed by atoms with Gasteiger partial charge in [0.15, 0.2) is 0 Å². The third kappa shape index (κ3) is 2.84. The standard InChI is InChI=1S/C20H19N3O3/c1-26-18-9-5-4-8-16(18)23-12-14(11-21-23)20(25)22-19-15-7-3-2-6-13(15)10-17(19)24/h2-9,11-12,17,19,24H,10H2,1H3,(H,22,25)/t17-,19+/m0/s1. The zero-order valence-electron chi connectivity index (χ0n) is 14.3. The molecule has 2 aromatic carbocycles. The molecule has 1 aliphatic carbocycles. The van der Waals surface area contributed by atoms with Gasteiger partial charge in [0, 0.05) is 12.6 Å². The van der Waals surface area contributed by atoms with Crippen molar-refractivity contribution < 1.29 is 14.6 Å². The number of aromatic nitrogens is 2. The molecule has 1 amide bonds. The number of carbonyl (C=O) groups excluding carboxylic acids is 1. The maximum absolute atomic E-state index is 12.6. The summed E-state index contributed by atoms with van der Waals surface area (Å²) in [6.45, 7) is 0. The summed E-state index contributed by atoms with van der Waals surface area (Å²) in [4.78, 5) is 12.6. The average Bonchev–Trinajstić information content (AvgIpc) is 3.27. The lowest BCUT2D eigenvalue weighted by Gasteiger charge is -2.17. The predicted molar refractivity (Wildman–Crippen MR) is 96.5 cm³/mol. The number of nitrogens with one attached hydrogen (secondary N) is 1. The molecule has 6 nitrogen and oxygen atoms in total. The molecule has 0 saturated heterocycles. The Bertz CT molecular complexity index is 951. The van der Waals surface area contributed by atoms with Crippen molar-refractivity contribution >= 4 is 5.91 Å². The second kappa shape index (κ2) is 6.65. The highest BCUT2D eigenvalue weighted by atomic mass is 16.5. The molecule has 132 valence electrons. The number of amides is 1. The fraction of sp³-hybridized carbons (Fsp3) is 0.200. The van der Waals surface area contributed by atoms with Gasteiger partial charge in [-0.25, -0.2) is 4.68 Å². The maximum atomic E-state index is 12.6. The largest absolute Gasteiger partial charge is 0.494 e. The summed E-state index contributed by atoms with van der Waals surface area (Å²) in [5, 5.41) is 17.5. The van der Waals surface area contributed by atoms with E-state index in [1.165, 1.54) is 6.20 Å². The number of carbonyl (C=O) groups is 1. The Kier molecular flexibility index (Phi) is 4.18. The van der Waals surface area contributed by atoms with Crippen molar-refractivity contribution in [3.8, 4) is 11.4 Å². The third-order valence-electron chi connectivity index (χ3n) is 4.67. The van der Waals surface area contributed by atoms with Gasteiger partial charge in [0.05, 0.1) is 31.0 Å². The summed E-state index contributed by atoms with van der Waals surface area (Å²) in [6.07, 6.45) is 3.08. The quantitative estimate of drug-likeness (QED) is 0.758. The fourth-order valence-corrected chi connectivity index (χ4v) is 3.36. The van der Waals surface area contributed by atoms with Crippen molar-refractivity contribution in [2.75, 3.05) is 7.11 Å². The van der Waals surface area contributed by atoms with Crippen LogP contribution in [0.5, 0.6) is 5.75 Å². The monoisotopic (exact) mass is 349 g/mol. The number of aliphatic hydroxyl groups is 1. The number of methoxy groups -OCH3 is 1. The number of fused-ring (bicyclic) bond motifs is 1.